The molecule has 0 aromatic heterocycles. The van der Waals surface area contributed by atoms with Crippen LogP contribution in [0.25, 0.3) is 43.8 Å². The molecule has 1 aliphatic rings. The van der Waals surface area contributed by atoms with Crippen molar-refractivity contribution in [2.45, 2.75) is 105 Å². The Morgan fingerprint density at radius 1 is 0.258 bits per heavy atom. The Labute approximate surface area is 370 Å². The van der Waals surface area contributed by atoms with Crippen molar-refractivity contribution in [1.29, 1.82) is 0 Å². The molecule has 0 spiro atoms. The van der Waals surface area contributed by atoms with E-state index in [0.717, 1.165) is 0 Å². The zero-order valence-electron chi connectivity index (χ0n) is 38.9. The lowest BCUT2D eigenvalue weighted by Crippen LogP contribution is -2.22. The quantitative estimate of drug-likeness (QED) is 0.165. The second-order valence-corrected chi connectivity index (χ2v) is 21.6. The van der Waals surface area contributed by atoms with E-state index in [0.29, 0.717) is 0 Å². The molecular formula is C60H62N2. The molecule has 0 aliphatic heterocycles. The molecule has 0 fully saturated rings. The Morgan fingerprint density at radius 2 is 0.500 bits per heavy atom. The highest BCUT2D eigenvalue weighted by Crippen LogP contribution is 2.53. The predicted molar refractivity (Wildman–Crippen MR) is 270 cm³/mol. The molecule has 0 saturated carbocycles. The predicted octanol–water partition coefficient (Wildman–Crippen LogP) is 17.8. The summed E-state index contributed by atoms with van der Waals surface area (Å²) in [6, 6.07) is 59.5. The maximum Gasteiger partial charge on any atom is 0.0499 e. The highest BCUT2D eigenvalue weighted by atomic mass is 15.2. The van der Waals surface area contributed by atoms with Crippen LogP contribution in [0, 0.1) is 0 Å². The van der Waals surface area contributed by atoms with Crippen LogP contribution in [-0.2, 0) is 21.7 Å². The molecule has 2 nitrogen and oxygen atoms in total. The Balaban J connectivity index is 1.16. The summed E-state index contributed by atoms with van der Waals surface area (Å²) in [5, 5.41) is 5.01. The number of hydrogen-bond acceptors (Lipinski definition) is 2. The van der Waals surface area contributed by atoms with E-state index in [9.17, 15) is 0 Å². The molecule has 0 unspecified atom stereocenters. The second-order valence-electron chi connectivity index (χ2n) is 21.6. The maximum absolute atomic E-state index is 2.50. The highest BCUT2D eigenvalue weighted by Gasteiger charge is 2.31. The van der Waals surface area contributed by atoms with E-state index in [1.807, 2.05) is 0 Å². The Kier molecular flexibility index (Phi) is 9.82. The van der Waals surface area contributed by atoms with Crippen LogP contribution >= 0.6 is 0 Å². The third kappa shape index (κ3) is 7.28. The first-order valence-corrected chi connectivity index (χ1v) is 22.4. The van der Waals surface area contributed by atoms with E-state index in [4.69, 9.17) is 0 Å². The molecule has 0 bridgehead atoms. The molecule has 0 radical (unpaired) electrons. The van der Waals surface area contributed by atoms with Crippen molar-refractivity contribution in [2.24, 2.45) is 0 Å². The van der Waals surface area contributed by atoms with Gasteiger partial charge in [-0.25, -0.2) is 0 Å². The van der Waals surface area contributed by atoms with Gasteiger partial charge >= 0.3 is 0 Å². The summed E-state index contributed by atoms with van der Waals surface area (Å²) in [6.07, 6.45) is 0. The van der Waals surface area contributed by atoms with E-state index in [1.165, 1.54) is 100 Å². The minimum atomic E-state index is -0.0371. The number of benzene rings is 8. The Hall–Kier alpha value is -6.12. The summed E-state index contributed by atoms with van der Waals surface area (Å²) in [7, 11) is 0. The molecule has 2 heteroatoms. The fraction of sp³-hybridized carbons (Fsp3) is 0.267. The summed E-state index contributed by atoms with van der Waals surface area (Å²) in [6.45, 7) is 27.8. The van der Waals surface area contributed by atoms with Gasteiger partial charge in [0.15, 0.2) is 0 Å². The Bertz CT molecular complexity index is 2670. The van der Waals surface area contributed by atoms with Gasteiger partial charge in [0, 0.05) is 34.1 Å². The fourth-order valence-corrected chi connectivity index (χ4v) is 9.70. The van der Waals surface area contributed by atoms with Gasteiger partial charge < -0.3 is 9.80 Å². The lowest BCUT2D eigenvalue weighted by molar-refractivity contribution is 0.586. The van der Waals surface area contributed by atoms with Gasteiger partial charge in [0.05, 0.1) is 0 Å². The van der Waals surface area contributed by atoms with Crippen LogP contribution in [0.15, 0.2) is 158 Å². The van der Waals surface area contributed by atoms with Crippen molar-refractivity contribution >= 4 is 55.7 Å². The minimum absolute atomic E-state index is 0.0371. The first-order chi connectivity index (χ1) is 29.3. The summed E-state index contributed by atoms with van der Waals surface area (Å²) in [5.41, 5.74) is 17.7. The standard InChI is InChI=1S/C60H62N2/c1-57(2,3)49-21-13-17-25-53(49)61(54-26-18-14-22-50(54)58(4,5)6)43-31-29-39-35-45-47(37-41(39)33-43)46-36-40-30-32-44(34-42(40)38-48(45)46)62(55-27-19-15-23-51(55)59(7,8)9)56-28-20-16-24-52(56)60(10,11)12/h13-38H,1-12H3. The van der Waals surface area contributed by atoms with Crippen LogP contribution in [-0.4, -0.2) is 0 Å². The molecular weight excluding hydrogens is 749 g/mol. The van der Waals surface area contributed by atoms with E-state index in [1.54, 1.807) is 0 Å². The van der Waals surface area contributed by atoms with Crippen molar-refractivity contribution in [1.82, 2.24) is 0 Å². The van der Waals surface area contributed by atoms with Gasteiger partial charge in [-0.15, -0.1) is 0 Å². The Morgan fingerprint density at radius 3 is 0.758 bits per heavy atom. The zero-order valence-corrected chi connectivity index (χ0v) is 38.9. The average molecular weight is 811 g/mol. The highest BCUT2D eigenvalue weighted by molar-refractivity contribution is 6.12. The van der Waals surface area contributed by atoms with Crippen molar-refractivity contribution in [3.8, 4) is 22.3 Å². The number of anilines is 6. The molecule has 8 aromatic rings. The van der Waals surface area contributed by atoms with Gasteiger partial charge in [-0.2, -0.15) is 0 Å². The van der Waals surface area contributed by atoms with Gasteiger partial charge in [0.2, 0.25) is 0 Å². The first-order valence-electron chi connectivity index (χ1n) is 22.4. The lowest BCUT2D eigenvalue weighted by atomic mass is 9.78. The number of rotatable bonds is 6. The van der Waals surface area contributed by atoms with Gasteiger partial charge in [-0.3, -0.25) is 0 Å². The van der Waals surface area contributed by atoms with Crippen molar-refractivity contribution in [3.05, 3.63) is 180 Å². The van der Waals surface area contributed by atoms with Crippen molar-refractivity contribution in [2.75, 3.05) is 9.80 Å². The maximum atomic E-state index is 2.50. The number of hydrogen-bond donors (Lipinski definition) is 0. The van der Waals surface area contributed by atoms with Crippen LogP contribution in [0.1, 0.15) is 105 Å². The largest absolute Gasteiger partial charge is 0.310 e. The van der Waals surface area contributed by atoms with Gasteiger partial charge in [0.1, 0.15) is 0 Å². The summed E-state index contributed by atoms with van der Waals surface area (Å²) >= 11 is 0. The molecule has 0 saturated heterocycles. The van der Waals surface area contributed by atoms with Crippen LogP contribution in [0.5, 0.6) is 0 Å². The number of fused-ring (bicyclic) bond motifs is 6. The SMILES string of the molecule is CC(C)(C)c1ccccc1N(c1ccc2cc3c(cc2c1)-c1cc2ccc(N(c4ccccc4C(C)(C)C)c4ccccc4C(C)(C)C)cc2cc1-3)c1ccccc1C(C)(C)C. The van der Waals surface area contributed by atoms with Gasteiger partial charge in [-0.05, 0) is 161 Å². The first kappa shape index (κ1) is 41.2. The van der Waals surface area contributed by atoms with E-state index >= 15 is 0 Å². The second kappa shape index (κ2) is 14.8. The lowest BCUT2D eigenvalue weighted by Gasteiger charge is -2.35. The molecule has 0 N–H and O–H groups in total. The molecule has 1 aliphatic carbocycles. The van der Waals surface area contributed by atoms with E-state index in [2.05, 4.69) is 251 Å². The monoisotopic (exact) mass is 810 g/mol. The number of para-hydroxylation sites is 4. The van der Waals surface area contributed by atoms with Crippen LogP contribution in [0.3, 0.4) is 0 Å². The van der Waals surface area contributed by atoms with Gasteiger partial charge in [-0.1, -0.05) is 168 Å². The zero-order chi connectivity index (χ0) is 43.9. The van der Waals surface area contributed by atoms with Crippen molar-refractivity contribution in [3.63, 3.8) is 0 Å². The topological polar surface area (TPSA) is 6.48 Å². The van der Waals surface area contributed by atoms with Crippen LogP contribution < -0.4 is 9.80 Å². The molecule has 9 rings (SSSR count). The third-order valence-corrected chi connectivity index (χ3v) is 12.8. The van der Waals surface area contributed by atoms with Crippen LogP contribution in [0.2, 0.25) is 0 Å². The minimum Gasteiger partial charge on any atom is -0.310 e. The molecule has 62 heavy (non-hydrogen) atoms. The summed E-state index contributed by atoms with van der Waals surface area (Å²) in [4.78, 5) is 5.00. The average Bonchev–Trinajstić information content (AvgIpc) is 3.22. The third-order valence-electron chi connectivity index (χ3n) is 12.8. The molecule has 312 valence electrons. The van der Waals surface area contributed by atoms with Gasteiger partial charge in [0.25, 0.3) is 0 Å². The molecule has 8 aromatic carbocycles. The molecule has 0 heterocycles. The van der Waals surface area contributed by atoms with Crippen LogP contribution in [0.4, 0.5) is 34.1 Å². The smallest absolute Gasteiger partial charge is 0.0499 e. The summed E-state index contributed by atoms with van der Waals surface area (Å²) < 4.78 is 0. The fourth-order valence-electron chi connectivity index (χ4n) is 9.70. The normalized spacial score (nSPS) is 12.8. The summed E-state index contributed by atoms with van der Waals surface area (Å²) in [5.74, 6) is 0. The number of nitrogens with zero attached hydrogens (tertiary/aromatic N) is 2. The molecule has 0 atom stereocenters. The van der Waals surface area contributed by atoms with Crippen molar-refractivity contribution < 1.29 is 0 Å². The van der Waals surface area contributed by atoms with E-state index < -0.39 is 0 Å². The van der Waals surface area contributed by atoms with E-state index in [-0.39, 0.29) is 21.7 Å². The molecule has 0 amide bonds.